The molecule has 0 bridgehead atoms. The minimum Gasteiger partial charge on any atom is -0.394 e. The van der Waals surface area contributed by atoms with Crippen molar-refractivity contribution in [2.45, 2.75) is 182 Å². The molecule has 19 heteroatoms. The van der Waals surface area contributed by atoms with Crippen molar-refractivity contribution in [1.82, 2.24) is 5.32 Å². The fourth-order valence-electron chi connectivity index (χ4n) is 6.68. The summed E-state index contributed by atoms with van der Waals surface area (Å²) in [5, 5.41) is 118. The van der Waals surface area contributed by atoms with Gasteiger partial charge in [0, 0.05) is 6.42 Å². The number of aliphatic hydroxyl groups is 11. The van der Waals surface area contributed by atoms with Gasteiger partial charge in [-0.05, 0) is 12.8 Å². The van der Waals surface area contributed by atoms with Gasteiger partial charge in [0.25, 0.3) is 0 Å². The second kappa shape index (κ2) is 24.5. The Balaban J connectivity index is 1.58. The number of hydrogen-bond donors (Lipinski definition) is 12. The fourth-order valence-corrected chi connectivity index (χ4v) is 6.68. The Bertz CT molecular complexity index is 1100. The van der Waals surface area contributed by atoms with Crippen molar-refractivity contribution in [3.63, 3.8) is 0 Å². The quantitative estimate of drug-likeness (QED) is 0.0358. The molecule has 55 heavy (non-hydrogen) atoms. The molecule has 1 amide bonds. The van der Waals surface area contributed by atoms with Crippen molar-refractivity contribution in [2.75, 3.05) is 26.4 Å². The number of rotatable bonds is 23. The topological polar surface area (TPSA) is 307 Å². The number of carbonyl (C=O) groups is 1. The molecule has 3 heterocycles. The molecule has 0 radical (unpaired) electrons. The number of nitrogens with one attached hydrogen (secondary N) is 1. The van der Waals surface area contributed by atoms with Gasteiger partial charge in [-0.15, -0.1) is 0 Å². The molecule has 3 rings (SSSR count). The van der Waals surface area contributed by atoms with Gasteiger partial charge in [-0.25, -0.2) is 0 Å². The van der Waals surface area contributed by atoms with Crippen molar-refractivity contribution in [3.05, 3.63) is 12.2 Å². The molecule has 0 saturated carbocycles. The summed E-state index contributed by atoms with van der Waals surface area (Å²) < 4.78 is 33.5. The van der Waals surface area contributed by atoms with Gasteiger partial charge in [0.1, 0.15) is 73.2 Å². The van der Waals surface area contributed by atoms with Crippen LogP contribution >= 0.6 is 0 Å². The zero-order valence-electron chi connectivity index (χ0n) is 31.6. The van der Waals surface area contributed by atoms with Gasteiger partial charge in [0.2, 0.25) is 5.91 Å². The summed E-state index contributed by atoms with van der Waals surface area (Å²) in [5.74, 6) is -0.369. The molecule has 17 atom stereocenters. The van der Waals surface area contributed by atoms with Crippen LogP contribution in [0.1, 0.15) is 78.1 Å². The smallest absolute Gasteiger partial charge is 0.220 e. The van der Waals surface area contributed by atoms with Crippen LogP contribution in [0.3, 0.4) is 0 Å². The Kier molecular flexibility index (Phi) is 21.3. The van der Waals surface area contributed by atoms with Crippen LogP contribution in [0.5, 0.6) is 0 Å². The van der Waals surface area contributed by atoms with E-state index < -0.39 is 124 Å². The number of amides is 1. The molecule has 3 aliphatic rings. The van der Waals surface area contributed by atoms with Crippen LogP contribution in [0.2, 0.25) is 0 Å². The van der Waals surface area contributed by atoms with Gasteiger partial charge in [-0.2, -0.15) is 0 Å². The molecule has 3 aliphatic heterocycles. The highest BCUT2D eigenvalue weighted by Gasteiger charge is 2.53. The lowest BCUT2D eigenvalue weighted by Crippen LogP contribution is -2.66. The van der Waals surface area contributed by atoms with Crippen molar-refractivity contribution in [2.24, 2.45) is 0 Å². The second-order valence-corrected chi connectivity index (χ2v) is 14.4. The maximum absolute atomic E-state index is 12.3. The van der Waals surface area contributed by atoms with E-state index in [1.165, 1.54) is 32.1 Å². The zero-order chi connectivity index (χ0) is 40.7. The minimum absolute atomic E-state index is 0.125. The van der Waals surface area contributed by atoms with E-state index in [9.17, 15) is 61.0 Å². The van der Waals surface area contributed by atoms with E-state index in [1.54, 1.807) is 13.0 Å². The maximum Gasteiger partial charge on any atom is 0.220 e. The Morgan fingerprint density at radius 2 is 1.11 bits per heavy atom. The molecule has 0 aromatic carbocycles. The van der Waals surface area contributed by atoms with E-state index in [1.807, 2.05) is 6.08 Å². The van der Waals surface area contributed by atoms with Crippen molar-refractivity contribution >= 4 is 5.91 Å². The van der Waals surface area contributed by atoms with Gasteiger partial charge < -0.3 is 89.9 Å². The van der Waals surface area contributed by atoms with E-state index in [-0.39, 0.29) is 18.9 Å². The number of unbranched alkanes of at least 4 members (excludes halogenated alkanes) is 8. The standard InChI is InChI=1S/C36H65NO18/c1-3-5-6-7-8-9-10-11-12-13-14-20(41)19(37-24(42)4-2)18-50-34-30(48)27(45)32(22(16-39)52-34)55-36-31(49)28(46)33(23(17-40)53-36)54-35-29(47)26(44)25(43)21(15-38)51-35/h13-14,19-23,25-36,38-41,43-49H,3-12,15-18H2,1-2H3,(H,37,42)/b14-13+. The van der Waals surface area contributed by atoms with Crippen LogP contribution in [-0.4, -0.2) is 193 Å². The number of ether oxygens (including phenoxy) is 6. The summed E-state index contributed by atoms with van der Waals surface area (Å²) >= 11 is 0. The molecule has 3 fully saturated rings. The number of aliphatic hydroxyl groups excluding tert-OH is 11. The summed E-state index contributed by atoms with van der Waals surface area (Å²) in [6, 6.07) is -0.961. The lowest BCUT2D eigenvalue weighted by atomic mass is 9.96. The van der Waals surface area contributed by atoms with E-state index >= 15 is 0 Å². The van der Waals surface area contributed by atoms with Crippen molar-refractivity contribution in [3.8, 4) is 0 Å². The Hall–Kier alpha value is -1.47. The monoisotopic (exact) mass is 799 g/mol. The minimum atomic E-state index is -1.97. The molecule has 12 N–H and O–H groups in total. The SMILES string of the molecule is CCCCCCCCCC/C=C/C(O)C(COC1OC(CO)C(OC2OC(CO)C(OC3OC(CO)C(O)C(O)C3O)C(O)C2O)C(O)C1O)NC(=O)CC. The molecule has 322 valence electrons. The summed E-state index contributed by atoms with van der Waals surface area (Å²) in [7, 11) is 0. The molecule has 17 unspecified atom stereocenters. The summed E-state index contributed by atoms with van der Waals surface area (Å²) in [4.78, 5) is 12.3. The van der Waals surface area contributed by atoms with Gasteiger partial charge in [0.15, 0.2) is 18.9 Å². The predicted octanol–water partition coefficient (Wildman–Crippen LogP) is -3.21. The summed E-state index contributed by atoms with van der Waals surface area (Å²) in [6.07, 6.45) is -13.2. The first-order valence-electron chi connectivity index (χ1n) is 19.4. The van der Waals surface area contributed by atoms with E-state index in [0.29, 0.717) is 0 Å². The zero-order valence-corrected chi connectivity index (χ0v) is 31.6. The first-order valence-corrected chi connectivity index (χ1v) is 19.4. The average Bonchev–Trinajstić information content (AvgIpc) is 3.18. The average molecular weight is 800 g/mol. The summed E-state index contributed by atoms with van der Waals surface area (Å²) in [6.45, 7) is 1.04. The molecule has 0 aromatic heterocycles. The van der Waals surface area contributed by atoms with E-state index in [2.05, 4.69) is 12.2 Å². The Morgan fingerprint density at radius 3 is 1.64 bits per heavy atom. The van der Waals surface area contributed by atoms with Gasteiger partial charge in [0.05, 0.1) is 38.6 Å². The van der Waals surface area contributed by atoms with Crippen LogP contribution in [0.4, 0.5) is 0 Å². The summed E-state index contributed by atoms with van der Waals surface area (Å²) in [5.41, 5.74) is 0. The fraction of sp³-hybridized carbons (Fsp3) is 0.917. The molecular weight excluding hydrogens is 734 g/mol. The normalized spacial score (nSPS) is 38.2. The maximum atomic E-state index is 12.3. The van der Waals surface area contributed by atoms with Gasteiger partial charge in [-0.3, -0.25) is 4.79 Å². The van der Waals surface area contributed by atoms with Crippen LogP contribution in [0, 0.1) is 0 Å². The lowest BCUT2D eigenvalue weighted by Gasteiger charge is -2.48. The third-order valence-corrected chi connectivity index (χ3v) is 10.1. The predicted molar refractivity (Wildman–Crippen MR) is 190 cm³/mol. The van der Waals surface area contributed by atoms with Crippen molar-refractivity contribution < 1.29 is 89.4 Å². The Labute approximate surface area is 321 Å². The molecular formula is C36H65NO18. The number of hydrogen-bond acceptors (Lipinski definition) is 18. The highest BCUT2D eigenvalue weighted by Crippen LogP contribution is 2.32. The van der Waals surface area contributed by atoms with Crippen molar-refractivity contribution in [1.29, 1.82) is 0 Å². The second-order valence-electron chi connectivity index (χ2n) is 14.4. The molecule has 0 spiro atoms. The van der Waals surface area contributed by atoms with Crippen LogP contribution in [-0.2, 0) is 33.2 Å². The molecule has 3 saturated heterocycles. The number of carbonyl (C=O) groups excluding carboxylic acids is 1. The van der Waals surface area contributed by atoms with Gasteiger partial charge in [-0.1, -0.05) is 70.9 Å². The Morgan fingerprint density at radius 1 is 0.636 bits per heavy atom. The van der Waals surface area contributed by atoms with Crippen LogP contribution < -0.4 is 5.32 Å². The molecule has 0 aromatic rings. The van der Waals surface area contributed by atoms with E-state index in [4.69, 9.17) is 28.4 Å². The first-order chi connectivity index (χ1) is 26.3. The largest absolute Gasteiger partial charge is 0.394 e. The van der Waals surface area contributed by atoms with Gasteiger partial charge >= 0.3 is 0 Å². The van der Waals surface area contributed by atoms with Crippen LogP contribution in [0.15, 0.2) is 12.2 Å². The van der Waals surface area contributed by atoms with Crippen LogP contribution in [0.25, 0.3) is 0 Å². The highest BCUT2D eigenvalue weighted by atomic mass is 16.8. The first kappa shape index (κ1) is 47.9. The number of allylic oxidation sites excluding steroid dienone is 1. The lowest BCUT2D eigenvalue weighted by molar-refractivity contribution is -0.379. The highest BCUT2D eigenvalue weighted by molar-refractivity contribution is 5.75. The molecule has 0 aliphatic carbocycles. The molecule has 19 nitrogen and oxygen atoms in total. The third-order valence-electron chi connectivity index (χ3n) is 10.1. The third kappa shape index (κ3) is 13.5. The van der Waals surface area contributed by atoms with E-state index in [0.717, 1.165) is 25.7 Å².